The van der Waals surface area contributed by atoms with Crippen LogP contribution in [0.5, 0.6) is 0 Å². The van der Waals surface area contributed by atoms with E-state index in [1.165, 1.54) is 5.56 Å². The average Bonchev–Trinajstić information content (AvgIpc) is 2.44. The fourth-order valence-corrected chi connectivity index (χ4v) is 2.16. The second-order valence-corrected chi connectivity index (χ2v) is 4.40. The Morgan fingerprint density at radius 1 is 0.889 bits per heavy atom. The van der Waals surface area contributed by atoms with E-state index in [1.807, 2.05) is 36.4 Å². The molecule has 18 heavy (non-hydrogen) atoms. The second-order valence-electron chi connectivity index (χ2n) is 4.40. The van der Waals surface area contributed by atoms with Gasteiger partial charge in [0.15, 0.2) is 0 Å². The summed E-state index contributed by atoms with van der Waals surface area (Å²) in [5, 5.41) is 1.75. The molecule has 2 heteroatoms. The fraction of sp³-hybridized carbons (Fsp3) is 0.0625. The van der Waals surface area contributed by atoms with Gasteiger partial charge in [-0.15, -0.1) is 0 Å². The minimum absolute atomic E-state index is 0.0483. The third-order valence-electron chi connectivity index (χ3n) is 3.19. The van der Waals surface area contributed by atoms with E-state index in [0.29, 0.717) is 0 Å². The zero-order valence-electron chi connectivity index (χ0n) is 10.1. The van der Waals surface area contributed by atoms with Crippen LogP contribution in [0.1, 0.15) is 0 Å². The van der Waals surface area contributed by atoms with Gasteiger partial charge in [-0.2, -0.15) is 0 Å². The molecule has 0 aliphatic heterocycles. The van der Waals surface area contributed by atoms with Gasteiger partial charge in [0.2, 0.25) is 0 Å². The van der Waals surface area contributed by atoms with Crippen LogP contribution in [0.4, 0.5) is 0 Å². The van der Waals surface area contributed by atoms with E-state index in [4.69, 9.17) is 0 Å². The van der Waals surface area contributed by atoms with Crippen molar-refractivity contribution in [3.05, 3.63) is 71.1 Å². The molecule has 0 saturated carbocycles. The Balaban J connectivity index is 2.25. The minimum Gasteiger partial charge on any atom is -0.318 e. The number of fused-ring (bicyclic) bond motifs is 1. The number of hydrogen-bond acceptors (Lipinski definition) is 1. The molecule has 3 rings (SSSR count). The Morgan fingerprint density at radius 3 is 2.44 bits per heavy atom. The predicted molar refractivity (Wildman–Crippen MR) is 74.6 cm³/mol. The minimum atomic E-state index is 0.0483. The molecule has 88 valence electrons. The summed E-state index contributed by atoms with van der Waals surface area (Å²) in [6, 6.07) is 18.1. The van der Waals surface area contributed by atoms with E-state index < -0.39 is 0 Å². The maximum atomic E-state index is 11.9. The van der Waals surface area contributed by atoms with E-state index >= 15 is 0 Å². The summed E-state index contributed by atoms with van der Waals surface area (Å²) in [5.74, 6) is 0. The van der Waals surface area contributed by atoms with Gasteiger partial charge in [0.05, 0.1) is 0 Å². The molecule has 1 heterocycles. The van der Waals surface area contributed by atoms with E-state index in [0.717, 1.165) is 16.3 Å². The SMILES string of the molecule is Cn1ccc2cc(-c3ccccc3)ccc2c1=O. The van der Waals surface area contributed by atoms with E-state index in [9.17, 15) is 4.79 Å². The molecule has 2 aromatic carbocycles. The Hall–Kier alpha value is -2.35. The highest BCUT2D eigenvalue weighted by molar-refractivity contribution is 5.86. The fourth-order valence-electron chi connectivity index (χ4n) is 2.16. The van der Waals surface area contributed by atoms with Crippen LogP contribution in [0, 0.1) is 0 Å². The monoisotopic (exact) mass is 235 g/mol. The number of aromatic nitrogens is 1. The van der Waals surface area contributed by atoms with Crippen molar-refractivity contribution >= 4 is 10.8 Å². The Bertz CT molecular complexity index is 757. The zero-order chi connectivity index (χ0) is 12.5. The molecular formula is C16H13NO. The van der Waals surface area contributed by atoms with Gasteiger partial charge in [0.1, 0.15) is 0 Å². The molecule has 2 nitrogen and oxygen atoms in total. The molecule has 0 atom stereocenters. The van der Waals surface area contributed by atoms with Gasteiger partial charge in [0, 0.05) is 18.6 Å². The first kappa shape index (κ1) is 10.8. The first-order chi connectivity index (χ1) is 8.75. The number of nitrogens with zero attached hydrogens (tertiary/aromatic N) is 1. The van der Waals surface area contributed by atoms with Crippen LogP contribution in [0.3, 0.4) is 0 Å². The maximum Gasteiger partial charge on any atom is 0.258 e. The number of rotatable bonds is 1. The highest BCUT2D eigenvalue weighted by atomic mass is 16.1. The number of benzene rings is 2. The van der Waals surface area contributed by atoms with E-state index in [-0.39, 0.29) is 5.56 Å². The highest BCUT2D eigenvalue weighted by Crippen LogP contribution is 2.22. The van der Waals surface area contributed by atoms with Crippen LogP contribution in [-0.2, 0) is 7.05 Å². The van der Waals surface area contributed by atoms with Crippen LogP contribution in [-0.4, -0.2) is 4.57 Å². The summed E-state index contributed by atoms with van der Waals surface area (Å²) in [6.45, 7) is 0. The van der Waals surface area contributed by atoms with Gasteiger partial charge >= 0.3 is 0 Å². The molecule has 0 fully saturated rings. The standard InChI is InChI=1S/C16H13NO/c1-17-10-9-14-11-13(7-8-15(14)16(17)18)12-5-3-2-4-6-12/h2-11H,1H3. The van der Waals surface area contributed by atoms with Crippen molar-refractivity contribution in [2.45, 2.75) is 0 Å². The van der Waals surface area contributed by atoms with Crippen LogP contribution in [0.2, 0.25) is 0 Å². The Morgan fingerprint density at radius 2 is 1.67 bits per heavy atom. The molecule has 0 unspecified atom stereocenters. The highest BCUT2D eigenvalue weighted by Gasteiger charge is 2.02. The summed E-state index contributed by atoms with van der Waals surface area (Å²) in [7, 11) is 1.77. The van der Waals surface area contributed by atoms with Crippen molar-refractivity contribution < 1.29 is 0 Å². The molecule has 0 aliphatic carbocycles. The summed E-state index contributed by atoms with van der Waals surface area (Å²) in [4.78, 5) is 11.9. The largest absolute Gasteiger partial charge is 0.318 e. The third kappa shape index (κ3) is 1.72. The molecule has 0 spiro atoms. The van der Waals surface area contributed by atoms with Gasteiger partial charge in [0.25, 0.3) is 5.56 Å². The molecule has 0 N–H and O–H groups in total. The van der Waals surface area contributed by atoms with Crippen molar-refractivity contribution in [2.24, 2.45) is 7.05 Å². The van der Waals surface area contributed by atoms with E-state index in [1.54, 1.807) is 17.8 Å². The second kappa shape index (κ2) is 4.15. The lowest BCUT2D eigenvalue weighted by Crippen LogP contribution is -2.15. The summed E-state index contributed by atoms with van der Waals surface area (Å²) in [6.07, 6.45) is 1.80. The predicted octanol–water partition coefficient (Wildman–Crippen LogP) is 3.21. The van der Waals surface area contributed by atoms with Gasteiger partial charge < -0.3 is 4.57 Å². The van der Waals surface area contributed by atoms with Crippen molar-refractivity contribution in [3.63, 3.8) is 0 Å². The van der Waals surface area contributed by atoms with Crippen molar-refractivity contribution in [1.29, 1.82) is 0 Å². The molecule has 3 aromatic rings. The summed E-state index contributed by atoms with van der Waals surface area (Å²) < 4.78 is 1.60. The number of hydrogen-bond donors (Lipinski definition) is 0. The van der Waals surface area contributed by atoms with Gasteiger partial charge in [-0.05, 0) is 34.7 Å². The smallest absolute Gasteiger partial charge is 0.258 e. The average molecular weight is 235 g/mol. The zero-order valence-corrected chi connectivity index (χ0v) is 10.1. The molecular weight excluding hydrogens is 222 g/mol. The molecule has 1 aromatic heterocycles. The van der Waals surface area contributed by atoms with Gasteiger partial charge in [-0.25, -0.2) is 0 Å². The maximum absolute atomic E-state index is 11.9. The topological polar surface area (TPSA) is 22.0 Å². The Labute approximate surface area is 105 Å². The summed E-state index contributed by atoms with van der Waals surface area (Å²) in [5.41, 5.74) is 2.35. The number of aryl methyl sites for hydroxylation is 1. The lowest BCUT2D eigenvalue weighted by molar-refractivity contribution is 0.873. The van der Waals surface area contributed by atoms with Crippen molar-refractivity contribution in [1.82, 2.24) is 4.57 Å². The lowest BCUT2D eigenvalue weighted by Gasteiger charge is -2.05. The molecule has 0 saturated heterocycles. The molecule has 0 amide bonds. The van der Waals surface area contributed by atoms with Gasteiger partial charge in [-0.1, -0.05) is 36.4 Å². The van der Waals surface area contributed by atoms with Crippen molar-refractivity contribution in [2.75, 3.05) is 0 Å². The molecule has 0 aliphatic rings. The quantitative estimate of drug-likeness (QED) is 0.635. The van der Waals surface area contributed by atoms with E-state index in [2.05, 4.69) is 18.2 Å². The van der Waals surface area contributed by atoms with Crippen LogP contribution < -0.4 is 5.56 Å². The lowest BCUT2D eigenvalue weighted by atomic mass is 10.0. The Kier molecular flexibility index (Phi) is 2.49. The molecule has 0 radical (unpaired) electrons. The third-order valence-corrected chi connectivity index (χ3v) is 3.19. The first-order valence-electron chi connectivity index (χ1n) is 5.90. The molecule has 0 bridgehead atoms. The van der Waals surface area contributed by atoms with Crippen molar-refractivity contribution in [3.8, 4) is 11.1 Å². The normalized spacial score (nSPS) is 10.7. The first-order valence-corrected chi connectivity index (χ1v) is 5.90. The van der Waals surface area contributed by atoms with Crippen LogP contribution >= 0.6 is 0 Å². The van der Waals surface area contributed by atoms with Gasteiger partial charge in [-0.3, -0.25) is 4.79 Å². The van der Waals surface area contributed by atoms with Crippen LogP contribution in [0.25, 0.3) is 21.9 Å². The number of pyridine rings is 1. The summed E-state index contributed by atoms with van der Waals surface area (Å²) >= 11 is 0. The van der Waals surface area contributed by atoms with Crippen LogP contribution in [0.15, 0.2) is 65.6 Å².